The van der Waals surface area contributed by atoms with Crippen LogP contribution in [0.5, 0.6) is 0 Å². The molecule has 0 radical (unpaired) electrons. The summed E-state index contributed by atoms with van der Waals surface area (Å²) in [7, 11) is 0. The van der Waals surface area contributed by atoms with Crippen molar-refractivity contribution in [3.8, 4) is 5.69 Å². The van der Waals surface area contributed by atoms with E-state index in [2.05, 4.69) is 52.8 Å². The fourth-order valence-electron chi connectivity index (χ4n) is 4.02. The lowest BCUT2D eigenvalue weighted by molar-refractivity contribution is -0.114. The van der Waals surface area contributed by atoms with Gasteiger partial charge in [0.15, 0.2) is 5.84 Å². The molecule has 0 saturated heterocycles. The number of nitrogens with one attached hydrogen (secondary N) is 1. The van der Waals surface area contributed by atoms with E-state index in [4.69, 9.17) is 5.41 Å². The van der Waals surface area contributed by atoms with Crippen molar-refractivity contribution >= 4 is 39.8 Å². The fourth-order valence-corrected chi connectivity index (χ4v) is 4.94. The van der Waals surface area contributed by atoms with Gasteiger partial charge in [0.1, 0.15) is 5.04 Å². The van der Waals surface area contributed by atoms with Gasteiger partial charge in [0.05, 0.1) is 5.57 Å². The zero-order valence-electron chi connectivity index (χ0n) is 19.1. The Balaban J connectivity index is 1.60. The maximum absolute atomic E-state index is 12.8. The molecule has 3 heterocycles. The van der Waals surface area contributed by atoms with Gasteiger partial charge in [-0.25, -0.2) is 0 Å². The molecule has 4 rings (SSSR count). The van der Waals surface area contributed by atoms with E-state index in [0.29, 0.717) is 5.17 Å². The minimum atomic E-state index is -0.378. The Morgan fingerprint density at radius 2 is 1.84 bits per heavy atom. The standard InChI is InChI=1S/C25H29N5OS/c1-5-6-7-8-9-22-28-30-23(26)21(24(31)27-25(30)32-22)15-19-14-17(3)29(18(19)4)20-12-10-16(2)11-13-20/h10-15,26H,5-9H2,1-4H3/b21-15+,26-23?. The molecule has 2 aromatic rings. The number of carbonyl (C=O) groups excluding carboxylic acids is 1. The number of hydrogen-bond acceptors (Lipinski definition) is 4. The number of thioether (sulfide) groups is 1. The average molecular weight is 448 g/mol. The normalized spacial score (nSPS) is 17.1. The van der Waals surface area contributed by atoms with Crippen LogP contribution < -0.4 is 0 Å². The van der Waals surface area contributed by atoms with E-state index >= 15 is 0 Å². The molecule has 32 heavy (non-hydrogen) atoms. The first-order valence-corrected chi connectivity index (χ1v) is 12.0. The maximum Gasteiger partial charge on any atom is 0.283 e. The summed E-state index contributed by atoms with van der Waals surface area (Å²) in [6, 6.07) is 10.4. The summed E-state index contributed by atoms with van der Waals surface area (Å²) in [6.45, 7) is 8.34. The second-order valence-electron chi connectivity index (χ2n) is 8.32. The van der Waals surface area contributed by atoms with Gasteiger partial charge < -0.3 is 4.57 Å². The van der Waals surface area contributed by atoms with Gasteiger partial charge in [-0.2, -0.15) is 15.1 Å². The van der Waals surface area contributed by atoms with Crippen LogP contribution in [0.1, 0.15) is 61.5 Å². The van der Waals surface area contributed by atoms with E-state index in [1.54, 1.807) is 6.08 Å². The van der Waals surface area contributed by atoms with E-state index < -0.39 is 0 Å². The fraction of sp³-hybridized carbons (Fsp3) is 0.360. The third-order valence-electron chi connectivity index (χ3n) is 5.80. The number of hydrazone groups is 1. The molecular weight excluding hydrogens is 418 g/mol. The first-order chi connectivity index (χ1) is 15.4. The lowest BCUT2D eigenvalue weighted by Gasteiger charge is -2.20. The SMILES string of the molecule is CCCCCCC1=NN2C(=N)/C(=C\c3cc(C)n(-c4ccc(C)cc4)c3C)C(=O)N=C2S1. The first kappa shape index (κ1) is 22.3. The average Bonchev–Trinajstić information content (AvgIpc) is 3.29. The van der Waals surface area contributed by atoms with Gasteiger partial charge >= 0.3 is 0 Å². The predicted molar refractivity (Wildman–Crippen MR) is 134 cm³/mol. The molecule has 2 aliphatic rings. The van der Waals surface area contributed by atoms with Gasteiger partial charge in [0.25, 0.3) is 5.91 Å². The van der Waals surface area contributed by atoms with Crippen molar-refractivity contribution in [1.82, 2.24) is 9.58 Å². The lowest BCUT2D eigenvalue weighted by atomic mass is 10.1. The topological polar surface area (TPSA) is 73.8 Å². The number of aliphatic imine (C=N–C) groups is 1. The molecule has 0 bridgehead atoms. The van der Waals surface area contributed by atoms with Crippen LogP contribution in [-0.2, 0) is 4.79 Å². The molecule has 0 aliphatic carbocycles. The summed E-state index contributed by atoms with van der Waals surface area (Å²) >= 11 is 1.41. The van der Waals surface area contributed by atoms with Crippen LogP contribution in [-0.4, -0.2) is 31.5 Å². The number of hydrogen-bond donors (Lipinski definition) is 1. The number of nitrogens with zero attached hydrogens (tertiary/aromatic N) is 4. The summed E-state index contributed by atoms with van der Waals surface area (Å²) in [5.74, 6) is -0.285. The lowest BCUT2D eigenvalue weighted by Crippen LogP contribution is -2.35. The molecule has 0 saturated carbocycles. The van der Waals surface area contributed by atoms with Crippen molar-refractivity contribution in [3.05, 3.63) is 58.4 Å². The van der Waals surface area contributed by atoms with Gasteiger partial charge in [-0.3, -0.25) is 10.2 Å². The number of amides is 1. The zero-order valence-corrected chi connectivity index (χ0v) is 19.9. The number of amidine groups is 2. The van der Waals surface area contributed by atoms with Crippen LogP contribution in [0.25, 0.3) is 11.8 Å². The Morgan fingerprint density at radius 1 is 1.09 bits per heavy atom. The van der Waals surface area contributed by atoms with Crippen molar-refractivity contribution in [2.24, 2.45) is 10.1 Å². The summed E-state index contributed by atoms with van der Waals surface area (Å²) in [5.41, 5.74) is 5.56. The second-order valence-corrected chi connectivity index (χ2v) is 9.36. The predicted octanol–water partition coefficient (Wildman–Crippen LogP) is 5.99. The molecule has 2 aliphatic heterocycles. The summed E-state index contributed by atoms with van der Waals surface area (Å²) in [6.07, 6.45) is 7.27. The van der Waals surface area contributed by atoms with Gasteiger partial charge in [0, 0.05) is 17.1 Å². The van der Waals surface area contributed by atoms with Crippen LogP contribution in [0.3, 0.4) is 0 Å². The third-order valence-corrected chi connectivity index (χ3v) is 6.77. The number of rotatable bonds is 7. The van der Waals surface area contributed by atoms with Gasteiger partial charge in [-0.1, -0.05) is 43.9 Å². The molecule has 0 unspecified atom stereocenters. The highest BCUT2D eigenvalue weighted by Gasteiger charge is 2.35. The van der Waals surface area contributed by atoms with E-state index in [0.717, 1.165) is 40.5 Å². The summed E-state index contributed by atoms with van der Waals surface area (Å²) in [5, 5.41) is 16.1. The van der Waals surface area contributed by atoms with Crippen molar-refractivity contribution in [3.63, 3.8) is 0 Å². The van der Waals surface area contributed by atoms with Gasteiger partial charge in [-0.15, -0.1) is 0 Å². The van der Waals surface area contributed by atoms with E-state index in [1.807, 2.05) is 19.9 Å². The molecule has 0 spiro atoms. The largest absolute Gasteiger partial charge is 0.318 e. The molecular formula is C25H29N5OS. The zero-order chi connectivity index (χ0) is 22.8. The maximum atomic E-state index is 12.8. The van der Waals surface area contributed by atoms with E-state index in [-0.39, 0.29) is 17.3 Å². The van der Waals surface area contributed by atoms with Crippen LogP contribution in [0.2, 0.25) is 0 Å². The number of benzene rings is 1. The molecule has 1 amide bonds. The summed E-state index contributed by atoms with van der Waals surface area (Å²) < 4.78 is 2.16. The summed E-state index contributed by atoms with van der Waals surface area (Å²) in [4.78, 5) is 17.0. The highest BCUT2D eigenvalue weighted by molar-refractivity contribution is 8.26. The monoisotopic (exact) mass is 447 g/mol. The number of carbonyl (C=O) groups is 1. The molecule has 1 aromatic carbocycles. The second kappa shape index (κ2) is 9.28. The number of unbranched alkanes of at least 4 members (excludes halogenated alkanes) is 3. The quantitative estimate of drug-likeness (QED) is 0.418. The molecule has 1 N–H and O–H groups in total. The van der Waals surface area contributed by atoms with Gasteiger partial charge in [-0.05, 0) is 75.2 Å². The number of aromatic nitrogens is 1. The Bertz CT molecular complexity index is 1150. The minimum absolute atomic E-state index is 0.0937. The van der Waals surface area contributed by atoms with Crippen LogP contribution in [0.15, 0.2) is 46.0 Å². The van der Waals surface area contributed by atoms with Crippen LogP contribution in [0, 0.1) is 26.2 Å². The Labute approximate surface area is 193 Å². The third kappa shape index (κ3) is 4.35. The van der Waals surface area contributed by atoms with Crippen molar-refractivity contribution < 1.29 is 4.79 Å². The minimum Gasteiger partial charge on any atom is -0.318 e. The number of aryl methyl sites for hydroxylation is 2. The molecule has 166 valence electrons. The molecule has 0 fully saturated rings. The smallest absolute Gasteiger partial charge is 0.283 e. The molecule has 0 atom stereocenters. The van der Waals surface area contributed by atoms with Crippen LogP contribution >= 0.6 is 11.8 Å². The molecule has 6 nitrogen and oxygen atoms in total. The van der Waals surface area contributed by atoms with Crippen LogP contribution in [0.4, 0.5) is 0 Å². The van der Waals surface area contributed by atoms with E-state index in [1.165, 1.54) is 41.6 Å². The highest BCUT2D eigenvalue weighted by Crippen LogP contribution is 2.31. The number of fused-ring (bicyclic) bond motifs is 1. The Morgan fingerprint density at radius 3 is 2.56 bits per heavy atom. The molecule has 1 aromatic heterocycles. The Kier molecular flexibility index (Phi) is 6.46. The van der Waals surface area contributed by atoms with Crippen molar-refractivity contribution in [2.75, 3.05) is 0 Å². The van der Waals surface area contributed by atoms with Gasteiger partial charge in [0.2, 0.25) is 5.17 Å². The first-order valence-electron chi connectivity index (χ1n) is 11.1. The van der Waals surface area contributed by atoms with E-state index in [9.17, 15) is 4.79 Å². The molecule has 7 heteroatoms. The van der Waals surface area contributed by atoms with Crippen molar-refractivity contribution in [2.45, 2.75) is 59.8 Å². The highest BCUT2D eigenvalue weighted by atomic mass is 32.2. The van der Waals surface area contributed by atoms with Crippen molar-refractivity contribution in [1.29, 1.82) is 5.41 Å². The Hall–Kier alpha value is -2.93.